The van der Waals surface area contributed by atoms with Crippen LogP contribution in [0.15, 0.2) is 29.8 Å². The van der Waals surface area contributed by atoms with Crippen molar-refractivity contribution in [3.8, 4) is 0 Å². The summed E-state index contributed by atoms with van der Waals surface area (Å²) in [5.41, 5.74) is 1.29. The number of hydrogen-bond donors (Lipinski definition) is 0. The molecular formula is C17H19FN2OS. The molecule has 1 heterocycles. The standard InChI is InChI=1S/C17H19FN2OS/c1-11(2)12-7-13(9-14(18)8-12)17(21)20(15-3-4-15)10-16-19-5-6-22-16/h5-9,11,15H,3-4,10H2,1-2H3. The van der Waals surface area contributed by atoms with Gasteiger partial charge in [-0.25, -0.2) is 9.37 Å². The highest BCUT2D eigenvalue weighted by molar-refractivity contribution is 7.09. The molecule has 0 bridgehead atoms. The van der Waals surface area contributed by atoms with Gasteiger partial charge in [-0.05, 0) is 42.5 Å². The fourth-order valence-electron chi connectivity index (χ4n) is 2.46. The normalized spacial score (nSPS) is 14.4. The minimum absolute atomic E-state index is 0.0981. The Bertz CT molecular complexity index is 665. The second kappa shape index (κ2) is 6.16. The number of carbonyl (C=O) groups excluding carboxylic acids is 1. The van der Waals surface area contributed by atoms with Crippen LogP contribution in [0.1, 0.15) is 53.5 Å². The number of aromatic nitrogens is 1. The molecule has 22 heavy (non-hydrogen) atoms. The lowest BCUT2D eigenvalue weighted by molar-refractivity contribution is 0.0729. The molecule has 0 aliphatic heterocycles. The molecule has 1 aromatic carbocycles. The third kappa shape index (κ3) is 3.35. The third-order valence-corrected chi connectivity index (χ3v) is 4.64. The Balaban J connectivity index is 1.87. The number of hydrogen-bond acceptors (Lipinski definition) is 3. The van der Waals surface area contributed by atoms with Gasteiger partial charge in [0.2, 0.25) is 0 Å². The number of rotatable bonds is 5. The molecule has 1 aromatic heterocycles. The zero-order chi connectivity index (χ0) is 15.7. The summed E-state index contributed by atoms with van der Waals surface area (Å²) in [6, 6.07) is 4.92. The number of carbonyl (C=O) groups is 1. The first-order valence-electron chi connectivity index (χ1n) is 7.54. The molecule has 1 fully saturated rings. The van der Waals surface area contributed by atoms with Crippen LogP contribution in [0.4, 0.5) is 4.39 Å². The van der Waals surface area contributed by atoms with Gasteiger partial charge in [0.15, 0.2) is 0 Å². The van der Waals surface area contributed by atoms with E-state index in [4.69, 9.17) is 0 Å². The molecule has 0 saturated heterocycles. The molecule has 5 heteroatoms. The van der Waals surface area contributed by atoms with Crippen LogP contribution < -0.4 is 0 Å². The summed E-state index contributed by atoms with van der Waals surface area (Å²) in [7, 11) is 0. The van der Waals surface area contributed by atoms with Crippen molar-refractivity contribution in [3.05, 3.63) is 51.7 Å². The molecule has 116 valence electrons. The maximum Gasteiger partial charge on any atom is 0.254 e. The van der Waals surface area contributed by atoms with Crippen molar-refractivity contribution < 1.29 is 9.18 Å². The zero-order valence-corrected chi connectivity index (χ0v) is 13.6. The van der Waals surface area contributed by atoms with Crippen LogP contribution in [-0.2, 0) is 6.54 Å². The van der Waals surface area contributed by atoms with Crippen LogP contribution in [0, 0.1) is 5.82 Å². The van der Waals surface area contributed by atoms with Gasteiger partial charge in [0.1, 0.15) is 10.8 Å². The maximum atomic E-state index is 13.8. The topological polar surface area (TPSA) is 33.2 Å². The Hall–Kier alpha value is -1.75. The molecule has 1 aliphatic rings. The van der Waals surface area contributed by atoms with Crippen molar-refractivity contribution >= 4 is 17.2 Å². The van der Waals surface area contributed by atoms with E-state index in [0.29, 0.717) is 12.1 Å². The average Bonchev–Trinajstić information content (AvgIpc) is 3.20. The summed E-state index contributed by atoms with van der Waals surface area (Å²) in [6.07, 6.45) is 3.78. The lowest BCUT2D eigenvalue weighted by Crippen LogP contribution is -2.32. The molecular weight excluding hydrogens is 299 g/mol. The van der Waals surface area contributed by atoms with Crippen molar-refractivity contribution in [1.29, 1.82) is 0 Å². The van der Waals surface area contributed by atoms with Crippen LogP contribution >= 0.6 is 11.3 Å². The van der Waals surface area contributed by atoms with Crippen molar-refractivity contribution in [1.82, 2.24) is 9.88 Å². The lowest BCUT2D eigenvalue weighted by Gasteiger charge is -2.22. The smallest absolute Gasteiger partial charge is 0.254 e. The van der Waals surface area contributed by atoms with Gasteiger partial charge in [0.25, 0.3) is 5.91 Å². The molecule has 3 nitrogen and oxygen atoms in total. The van der Waals surface area contributed by atoms with Crippen LogP contribution in [0.3, 0.4) is 0 Å². The summed E-state index contributed by atoms with van der Waals surface area (Å²) >= 11 is 1.54. The van der Waals surface area contributed by atoms with Gasteiger partial charge in [0.05, 0.1) is 6.54 Å². The minimum Gasteiger partial charge on any atom is -0.329 e. The summed E-state index contributed by atoms with van der Waals surface area (Å²) in [4.78, 5) is 18.9. The number of nitrogens with zero attached hydrogens (tertiary/aromatic N) is 2. The van der Waals surface area contributed by atoms with E-state index in [1.54, 1.807) is 17.5 Å². The SMILES string of the molecule is CC(C)c1cc(F)cc(C(=O)N(Cc2nccs2)C2CC2)c1. The van der Waals surface area contributed by atoms with E-state index in [0.717, 1.165) is 23.4 Å². The molecule has 0 N–H and O–H groups in total. The average molecular weight is 318 g/mol. The quantitative estimate of drug-likeness (QED) is 0.827. The summed E-state index contributed by atoms with van der Waals surface area (Å²) in [5, 5.41) is 2.82. The second-order valence-electron chi connectivity index (χ2n) is 6.02. The summed E-state index contributed by atoms with van der Waals surface area (Å²) in [5.74, 6) is -0.255. The van der Waals surface area contributed by atoms with Crippen LogP contribution in [0.2, 0.25) is 0 Å². The van der Waals surface area contributed by atoms with Crippen molar-refractivity contribution in [3.63, 3.8) is 0 Å². The van der Waals surface area contributed by atoms with Gasteiger partial charge in [-0.1, -0.05) is 13.8 Å². The fourth-order valence-corrected chi connectivity index (χ4v) is 3.08. The first-order chi connectivity index (χ1) is 10.5. The molecule has 0 unspecified atom stereocenters. The Morgan fingerprint density at radius 1 is 1.41 bits per heavy atom. The Kier molecular flexibility index (Phi) is 4.25. The van der Waals surface area contributed by atoms with E-state index in [1.165, 1.54) is 12.1 Å². The van der Waals surface area contributed by atoms with Crippen molar-refractivity contribution in [2.75, 3.05) is 0 Å². The number of benzene rings is 1. The van der Waals surface area contributed by atoms with E-state index in [-0.39, 0.29) is 23.7 Å². The lowest BCUT2D eigenvalue weighted by atomic mass is 10.00. The third-order valence-electron chi connectivity index (χ3n) is 3.87. The van der Waals surface area contributed by atoms with Crippen LogP contribution in [0.25, 0.3) is 0 Å². The first-order valence-corrected chi connectivity index (χ1v) is 8.42. The second-order valence-corrected chi connectivity index (χ2v) is 7.00. The number of amides is 1. The van der Waals surface area contributed by atoms with Crippen LogP contribution in [-0.4, -0.2) is 21.8 Å². The van der Waals surface area contributed by atoms with E-state index in [1.807, 2.05) is 30.2 Å². The largest absolute Gasteiger partial charge is 0.329 e. The number of halogens is 1. The Morgan fingerprint density at radius 2 is 2.18 bits per heavy atom. The maximum absolute atomic E-state index is 13.8. The number of thiazole rings is 1. The van der Waals surface area contributed by atoms with Crippen molar-refractivity contribution in [2.24, 2.45) is 0 Å². The minimum atomic E-state index is -0.348. The molecule has 1 saturated carbocycles. The summed E-state index contributed by atoms with van der Waals surface area (Å²) in [6.45, 7) is 4.50. The monoisotopic (exact) mass is 318 g/mol. The van der Waals surface area contributed by atoms with E-state index >= 15 is 0 Å². The predicted octanol–water partition coefficient (Wildman–Crippen LogP) is 4.21. The molecule has 1 aliphatic carbocycles. The highest BCUT2D eigenvalue weighted by Gasteiger charge is 2.33. The van der Waals surface area contributed by atoms with Crippen LogP contribution in [0.5, 0.6) is 0 Å². The van der Waals surface area contributed by atoms with E-state index < -0.39 is 0 Å². The Labute approximate surface area is 133 Å². The van der Waals surface area contributed by atoms with Gasteiger partial charge in [-0.15, -0.1) is 11.3 Å². The highest BCUT2D eigenvalue weighted by atomic mass is 32.1. The Morgan fingerprint density at radius 3 is 2.77 bits per heavy atom. The fraction of sp³-hybridized carbons (Fsp3) is 0.412. The molecule has 0 atom stereocenters. The van der Waals surface area contributed by atoms with Gasteiger partial charge in [0, 0.05) is 23.2 Å². The van der Waals surface area contributed by atoms with Crippen molar-refractivity contribution in [2.45, 2.75) is 45.2 Å². The van der Waals surface area contributed by atoms with E-state index in [2.05, 4.69) is 4.98 Å². The summed E-state index contributed by atoms with van der Waals surface area (Å²) < 4.78 is 13.8. The predicted molar refractivity (Wildman–Crippen MR) is 85.5 cm³/mol. The zero-order valence-electron chi connectivity index (χ0n) is 12.8. The highest BCUT2D eigenvalue weighted by Crippen LogP contribution is 2.31. The molecule has 1 amide bonds. The molecule has 0 spiro atoms. The van der Waals surface area contributed by atoms with Gasteiger partial charge >= 0.3 is 0 Å². The van der Waals surface area contributed by atoms with E-state index in [9.17, 15) is 9.18 Å². The van der Waals surface area contributed by atoms with Gasteiger partial charge < -0.3 is 4.90 Å². The van der Waals surface area contributed by atoms with Gasteiger partial charge in [-0.2, -0.15) is 0 Å². The molecule has 2 aromatic rings. The molecule has 3 rings (SSSR count). The first kappa shape index (κ1) is 15.2. The van der Waals surface area contributed by atoms with Gasteiger partial charge in [-0.3, -0.25) is 4.79 Å². The molecule has 0 radical (unpaired) electrons.